The highest BCUT2D eigenvalue weighted by Gasteiger charge is 2.24. The molecule has 1 aliphatic rings. The normalized spacial score (nSPS) is 14.9. The number of nitrogens with one attached hydrogen (secondary N) is 2. The fourth-order valence-electron chi connectivity index (χ4n) is 6.74. The molecule has 3 aromatic carbocycles. The van der Waals surface area contributed by atoms with Gasteiger partial charge in [0.25, 0.3) is 0 Å². The second-order valence-corrected chi connectivity index (χ2v) is 11.9. The van der Waals surface area contributed by atoms with Gasteiger partial charge in [0.05, 0.1) is 33.1 Å². The van der Waals surface area contributed by atoms with Crippen molar-refractivity contribution in [3.8, 4) is 0 Å². The van der Waals surface area contributed by atoms with E-state index in [9.17, 15) is 14.4 Å². The van der Waals surface area contributed by atoms with Crippen LogP contribution in [0.15, 0.2) is 81.1 Å². The smallest absolute Gasteiger partial charge is 0.306 e. The highest BCUT2D eigenvalue weighted by Crippen LogP contribution is 2.26. The number of H-pyrrole nitrogens is 2. The molecule has 222 valence electrons. The third-order valence-electron chi connectivity index (χ3n) is 8.83. The Labute approximate surface area is 251 Å². The molecule has 11 heteroatoms. The first-order chi connectivity index (χ1) is 21.0. The van der Waals surface area contributed by atoms with Crippen LogP contribution in [0.25, 0.3) is 33.1 Å². The van der Waals surface area contributed by atoms with Gasteiger partial charge < -0.3 is 14.9 Å². The number of hydrogen-bond donors (Lipinski definition) is 2. The maximum atomic E-state index is 13.6. The summed E-state index contributed by atoms with van der Waals surface area (Å²) < 4.78 is 7.35. The molecule has 1 aliphatic heterocycles. The monoisotopic (exact) mass is 599 g/mol. The number of aromatic nitrogens is 6. The predicted molar refractivity (Wildman–Crippen MR) is 170 cm³/mol. The summed E-state index contributed by atoms with van der Waals surface area (Å²) in [6, 6.07) is 21.3. The van der Waals surface area contributed by atoms with Crippen molar-refractivity contribution < 1.29 is 0 Å². The zero-order valence-electron chi connectivity index (χ0n) is 23.8. The Morgan fingerprint density at radius 1 is 0.651 bits per heavy atom. The van der Waals surface area contributed by atoms with Crippen LogP contribution in [0.3, 0.4) is 0 Å². The molecule has 3 aromatic heterocycles. The van der Waals surface area contributed by atoms with Gasteiger partial charge in [-0.3, -0.25) is 18.3 Å². The summed E-state index contributed by atoms with van der Waals surface area (Å²) in [4.78, 5) is 47.0. The van der Waals surface area contributed by atoms with Crippen LogP contribution < -0.4 is 17.1 Å². The Morgan fingerprint density at radius 2 is 1.26 bits per heavy atom. The topological polar surface area (TPSA) is 106 Å². The molecule has 0 amide bonds. The van der Waals surface area contributed by atoms with E-state index in [4.69, 9.17) is 11.6 Å². The summed E-state index contributed by atoms with van der Waals surface area (Å²) in [6.07, 6.45) is 3.31. The lowest BCUT2D eigenvalue weighted by Gasteiger charge is -2.32. The molecular formula is C32H34ClN7O3. The molecule has 1 saturated heterocycles. The number of halogens is 1. The van der Waals surface area contributed by atoms with E-state index in [2.05, 4.69) is 14.9 Å². The number of imidazole rings is 3. The fourth-order valence-corrected chi connectivity index (χ4v) is 6.91. The summed E-state index contributed by atoms with van der Waals surface area (Å²) in [5, 5.41) is 0.611. The average molecular weight is 600 g/mol. The van der Waals surface area contributed by atoms with E-state index in [-0.39, 0.29) is 23.1 Å². The second-order valence-electron chi connectivity index (χ2n) is 11.4. The van der Waals surface area contributed by atoms with Crippen molar-refractivity contribution >= 4 is 44.7 Å². The van der Waals surface area contributed by atoms with Gasteiger partial charge in [-0.25, -0.2) is 14.4 Å². The lowest BCUT2D eigenvalue weighted by atomic mass is 10.0. The van der Waals surface area contributed by atoms with Crippen LogP contribution in [0, 0.1) is 0 Å². The van der Waals surface area contributed by atoms with Gasteiger partial charge in [-0.2, -0.15) is 0 Å². The first-order valence-corrected chi connectivity index (χ1v) is 15.3. The van der Waals surface area contributed by atoms with E-state index in [1.54, 1.807) is 10.6 Å². The van der Waals surface area contributed by atoms with Crippen molar-refractivity contribution in [2.45, 2.75) is 51.4 Å². The first-order valence-electron chi connectivity index (χ1n) is 15.0. The van der Waals surface area contributed by atoms with Gasteiger partial charge >= 0.3 is 17.1 Å². The van der Waals surface area contributed by atoms with E-state index < -0.39 is 0 Å². The molecule has 2 N–H and O–H groups in total. The summed E-state index contributed by atoms with van der Waals surface area (Å²) in [5.41, 5.74) is 5.02. The van der Waals surface area contributed by atoms with Gasteiger partial charge in [-0.1, -0.05) is 35.9 Å². The largest absolute Gasteiger partial charge is 0.329 e. The molecule has 0 aliphatic carbocycles. The minimum atomic E-state index is -0.126. The van der Waals surface area contributed by atoms with Crippen molar-refractivity contribution in [2.75, 3.05) is 19.6 Å². The molecule has 0 spiro atoms. The van der Waals surface area contributed by atoms with Crippen molar-refractivity contribution in [3.05, 3.63) is 103 Å². The highest BCUT2D eigenvalue weighted by molar-refractivity contribution is 6.31. The third kappa shape index (κ3) is 5.14. The van der Waals surface area contributed by atoms with Crippen molar-refractivity contribution in [1.29, 1.82) is 0 Å². The van der Waals surface area contributed by atoms with Crippen LogP contribution in [0.1, 0.15) is 31.7 Å². The van der Waals surface area contributed by atoms with Gasteiger partial charge in [0.15, 0.2) is 0 Å². The zero-order valence-corrected chi connectivity index (χ0v) is 24.6. The molecule has 0 atom stereocenters. The first kappa shape index (κ1) is 27.5. The fraction of sp³-hybridized carbons (Fsp3) is 0.344. The summed E-state index contributed by atoms with van der Waals surface area (Å²) in [5.74, 6) is 0. The second kappa shape index (κ2) is 11.4. The van der Waals surface area contributed by atoms with Crippen LogP contribution in [0.5, 0.6) is 0 Å². The van der Waals surface area contributed by atoms with Crippen LogP contribution >= 0.6 is 11.6 Å². The van der Waals surface area contributed by atoms with Crippen molar-refractivity contribution in [1.82, 2.24) is 33.1 Å². The number of likely N-dealkylation sites (tertiary alicyclic amines) is 1. The van der Waals surface area contributed by atoms with Crippen LogP contribution in [0.4, 0.5) is 0 Å². The lowest BCUT2D eigenvalue weighted by Crippen LogP contribution is -2.38. The number of aryl methyl sites for hydroxylation is 3. The summed E-state index contributed by atoms with van der Waals surface area (Å²) in [6.45, 7) is 4.40. The van der Waals surface area contributed by atoms with Crippen molar-refractivity contribution in [3.63, 3.8) is 0 Å². The number of hydrogen-bond acceptors (Lipinski definition) is 4. The molecule has 10 nitrogen and oxygen atoms in total. The summed E-state index contributed by atoms with van der Waals surface area (Å²) in [7, 11) is 0. The van der Waals surface area contributed by atoms with Gasteiger partial charge in [-0.05, 0) is 74.7 Å². The van der Waals surface area contributed by atoms with Gasteiger partial charge in [0, 0.05) is 43.8 Å². The van der Waals surface area contributed by atoms with Gasteiger partial charge in [0.2, 0.25) is 0 Å². The molecule has 0 bridgehead atoms. The average Bonchev–Trinajstić information content (AvgIpc) is 3.61. The van der Waals surface area contributed by atoms with E-state index in [1.807, 2.05) is 74.4 Å². The third-order valence-corrected chi connectivity index (χ3v) is 9.06. The van der Waals surface area contributed by atoms with Gasteiger partial charge in [-0.15, -0.1) is 0 Å². The Kier molecular flexibility index (Phi) is 7.32. The quantitative estimate of drug-likeness (QED) is 0.254. The summed E-state index contributed by atoms with van der Waals surface area (Å²) >= 11 is 6.11. The minimum absolute atomic E-state index is 0.00926. The molecule has 1 fully saturated rings. The standard InChI is InChI=1S/C32H34ClN7O3/c33-22-11-12-27-25(21-22)35-31(42)40(27)23-13-19-36(20-14-23)15-5-17-38-28-9-3-4-10-29(28)39(32(38)43)18-6-16-37-26-8-2-1-7-24(26)34-30(37)41/h1-4,7-12,21,23H,5-6,13-20H2,(H,34,41)(H,35,42). The number of para-hydroxylation sites is 4. The lowest BCUT2D eigenvalue weighted by molar-refractivity contribution is 0.183. The Balaban J connectivity index is 0.988. The van der Waals surface area contributed by atoms with E-state index in [1.165, 1.54) is 0 Å². The van der Waals surface area contributed by atoms with Crippen LogP contribution in [0.2, 0.25) is 5.02 Å². The molecule has 7 rings (SSSR count). The Hall–Kier alpha value is -4.28. The molecule has 4 heterocycles. The van der Waals surface area contributed by atoms with E-state index in [0.717, 1.165) is 72.0 Å². The zero-order chi connectivity index (χ0) is 29.5. The number of aromatic amines is 2. The Morgan fingerprint density at radius 3 is 1.98 bits per heavy atom. The molecule has 6 aromatic rings. The maximum absolute atomic E-state index is 13.6. The predicted octanol–water partition coefficient (Wildman–Crippen LogP) is 4.56. The molecule has 43 heavy (non-hydrogen) atoms. The molecule has 0 radical (unpaired) electrons. The van der Waals surface area contributed by atoms with E-state index >= 15 is 0 Å². The number of nitrogens with zero attached hydrogens (tertiary/aromatic N) is 5. The molecular weight excluding hydrogens is 566 g/mol. The maximum Gasteiger partial charge on any atom is 0.329 e. The van der Waals surface area contributed by atoms with Crippen molar-refractivity contribution in [2.24, 2.45) is 0 Å². The Bertz CT molecular complexity index is 2100. The number of piperidine rings is 1. The number of benzene rings is 3. The number of rotatable bonds is 9. The SMILES string of the molecule is O=c1[nH]c2ccccc2n1CCCn1c(=O)n(CCCN2CCC(n3c(=O)[nH]c4cc(Cl)ccc43)CC2)c2ccccc21. The highest BCUT2D eigenvalue weighted by atomic mass is 35.5. The number of fused-ring (bicyclic) bond motifs is 3. The molecule has 0 saturated carbocycles. The molecule has 0 unspecified atom stereocenters. The van der Waals surface area contributed by atoms with Crippen LogP contribution in [-0.2, 0) is 19.6 Å². The van der Waals surface area contributed by atoms with Gasteiger partial charge in [0.1, 0.15) is 0 Å². The van der Waals surface area contributed by atoms with Crippen LogP contribution in [-0.4, -0.2) is 52.8 Å². The van der Waals surface area contributed by atoms with E-state index in [0.29, 0.717) is 31.1 Å². The minimum Gasteiger partial charge on any atom is -0.306 e.